The van der Waals surface area contributed by atoms with Crippen LogP contribution >= 0.6 is 11.3 Å². The van der Waals surface area contributed by atoms with Gasteiger partial charge in [0.15, 0.2) is 17.3 Å². The van der Waals surface area contributed by atoms with E-state index in [2.05, 4.69) is 15.5 Å². The van der Waals surface area contributed by atoms with E-state index < -0.39 is 0 Å². The van der Waals surface area contributed by atoms with Crippen LogP contribution in [0.2, 0.25) is 0 Å². The van der Waals surface area contributed by atoms with Crippen LogP contribution in [-0.4, -0.2) is 30.2 Å². The molecule has 3 heterocycles. The lowest BCUT2D eigenvalue weighted by molar-refractivity contribution is -0.116. The number of allylic oxidation sites excluding steroid dienone is 2. The summed E-state index contributed by atoms with van der Waals surface area (Å²) >= 11 is 1.62. The van der Waals surface area contributed by atoms with Crippen molar-refractivity contribution in [3.63, 3.8) is 0 Å². The number of Topliss-reactive ketones (excluding diaryl/α,β-unsaturated/α-hetero) is 1. The summed E-state index contributed by atoms with van der Waals surface area (Å²) in [7, 11) is 3.21. The second-order valence-corrected chi connectivity index (χ2v) is 9.23. The van der Waals surface area contributed by atoms with Gasteiger partial charge >= 0.3 is 0 Å². The number of carbonyl (C=O) groups is 1. The fourth-order valence-corrected chi connectivity index (χ4v) is 5.65. The van der Waals surface area contributed by atoms with E-state index >= 15 is 0 Å². The van der Waals surface area contributed by atoms with E-state index in [1.165, 1.54) is 0 Å². The Balaban J connectivity index is 1.58. The average molecular weight is 438 g/mol. The van der Waals surface area contributed by atoms with Gasteiger partial charge in [0.05, 0.1) is 25.7 Å². The number of thiophene rings is 1. The van der Waals surface area contributed by atoms with Gasteiger partial charge in [-0.1, -0.05) is 6.07 Å². The number of methoxy groups -OCH3 is 2. The molecule has 0 bridgehead atoms. The predicted molar refractivity (Wildman–Crippen MR) is 119 cm³/mol. The van der Waals surface area contributed by atoms with Crippen molar-refractivity contribution in [1.82, 2.24) is 10.2 Å². The van der Waals surface area contributed by atoms with Gasteiger partial charge in [-0.25, -0.2) is 0 Å². The van der Waals surface area contributed by atoms with Crippen molar-refractivity contribution in [2.45, 2.75) is 31.6 Å². The Morgan fingerprint density at radius 1 is 1.00 bits per heavy atom. The summed E-state index contributed by atoms with van der Waals surface area (Å²) in [5.41, 5.74) is 2.99. The Bertz CT molecular complexity index is 1270. The summed E-state index contributed by atoms with van der Waals surface area (Å²) in [6.45, 7) is 2.03. The van der Waals surface area contributed by atoms with E-state index in [0.29, 0.717) is 41.3 Å². The van der Waals surface area contributed by atoms with Crippen molar-refractivity contribution in [2.75, 3.05) is 19.5 Å². The molecule has 2 aromatic heterocycles. The number of fused-ring (bicyclic) bond motifs is 1. The van der Waals surface area contributed by atoms with Crippen molar-refractivity contribution >= 4 is 22.9 Å². The van der Waals surface area contributed by atoms with E-state index in [-0.39, 0.29) is 23.2 Å². The first-order chi connectivity index (χ1) is 15.0. The molecular weight excluding hydrogens is 414 g/mol. The lowest BCUT2D eigenvalue weighted by atomic mass is 9.74. The predicted octanol–water partition coefficient (Wildman–Crippen LogP) is 4.05. The Labute approximate surface area is 183 Å². The van der Waals surface area contributed by atoms with Crippen molar-refractivity contribution in [3.8, 4) is 11.5 Å². The Hall–Kier alpha value is -3.26. The van der Waals surface area contributed by atoms with Gasteiger partial charge in [-0.15, -0.1) is 11.3 Å². The van der Waals surface area contributed by atoms with E-state index in [1.807, 2.05) is 37.3 Å². The van der Waals surface area contributed by atoms with Crippen molar-refractivity contribution in [3.05, 3.63) is 72.8 Å². The van der Waals surface area contributed by atoms with Crippen LogP contribution < -0.4 is 20.3 Å². The second-order valence-electron chi connectivity index (χ2n) is 7.91. The molecule has 1 aromatic carbocycles. The van der Waals surface area contributed by atoms with Gasteiger partial charge < -0.3 is 14.8 Å². The van der Waals surface area contributed by atoms with E-state index in [4.69, 9.17) is 9.47 Å². The normalized spacial score (nSPS) is 20.2. The quantitative estimate of drug-likeness (QED) is 0.572. The molecule has 0 spiro atoms. The molecule has 8 heteroatoms. The average Bonchev–Trinajstić information content (AvgIpc) is 3.37. The highest BCUT2D eigenvalue weighted by atomic mass is 32.1. The van der Waals surface area contributed by atoms with Crippen molar-refractivity contribution < 1.29 is 14.3 Å². The number of rotatable bonds is 4. The zero-order valence-corrected chi connectivity index (χ0v) is 18.3. The Kier molecular flexibility index (Phi) is 4.74. The molecule has 0 saturated carbocycles. The molecule has 5 rings (SSSR count). The molecule has 0 saturated heterocycles. The van der Waals surface area contributed by atoms with Crippen molar-refractivity contribution in [2.24, 2.45) is 0 Å². The minimum atomic E-state index is -0.348. The summed E-state index contributed by atoms with van der Waals surface area (Å²) in [6.07, 6.45) is 1.05. The van der Waals surface area contributed by atoms with Gasteiger partial charge in [0.1, 0.15) is 5.82 Å². The number of H-pyrrole nitrogens is 2. The number of anilines is 1. The molecule has 3 aromatic rings. The molecule has 2 atom stereocenters. The molecular formula is C23H23N3O4S. The van der Waals surface area contributed by atoms with Crippen LogP contribution in [0.5, 0.6) is 11.5 Å². The largest absolute Gasteiger partial charge is 0.493 e. The van der Waals surface area contributed by atoms with Crippen LogP contribution in [0.4, 0.5) is 5.82 Å². The number of benzene rings is 1. The molecule has 2 aliphatic rings. The number of hydrogen-bond acceptors (Lipinski definition) is 6. The molecule has 1 aliphatic carbocycles. The number of carbonyl (C=O) groups excluding carboxylic acids is 1. The number of hydrogen-bond donors (Lipinski definition) is 3. The molecule has 0 amide bonds. The Morgan fingerprint density at radius 2 is 1.81 bits per heavy atom. The minimum absolute atomic E-state index is 0.0106. The van der Waals surface area contributed by atoms with Gasteiger partial charge in [-0.3, -0.25) is 19.8 Å². The maximum Gasteiger partial charge on any atom is 0.270 e. The smallest absolute Gasteiger partial charge is 0.270 e. The molecule has 1 aliphatic heterocycles. The highest BCUT2D eigenvalue weighted by Crippen LogP contribution is 2.48. The monoisotopic (exact) mass is 437 g/mol. The fraction of sp³-hybridized carbons (Fsp3) is 0.304. The lowest BCUT2D eigenvalue weighted by Crippen LogP contribution is -2.31. The first kappa shape index (κ1) is 19.7. The topological polar surface area (TPSA) is 96.2 Å². The van der Waals surface area contributed by atoms with Crippen molar-refractivity contribution in [1.29, 1.82) is 0 Å². The number of aryl methyl sites for hydroxylation is 1. The molecule has 0 radical (unpaired) electrons. The van der Waals surface area contributed by atoms with Crippen LogP contribution in [0.25, 0.3) is 0 Å². The third kappa shape index (κ3) is 3.18. The van der Waals surface area contributed by atoms with Crippen LogP contribution in [-0.2, 0) is 4.79 Å². The zero-order chi connectivity index (χ0) is 21.7. The fourth-order valence-electron chi connectivity index (χ4n) is 4.66. The van der Waals surface area contributed by atoms with Crippen LogP contribution in [0.3, 0.4) is 0 Å². The van der Waals surface area contributed by atoms with Gasteiger partial charge in [-0.05, 0) is 49.1 Å². The van der Waals surface area contributed by atoms with Gasteiger partial charge in [-0.2, -0.15) is 0 Å². The first-order valence-electron chi connectivity index (χ1n) is 10.1. The highest BCUT2D eigenvalue weighted by Gasteiger charge is 2.41. The van der Waals surface area contributed by atoms with Gasteiger partial charge in [0, 0.05) is 27.4 Å². The standard InChI is InChI=1S/C23H23N3O4S/c1-11-4-7-18(31-11)20-19-14(24-22-21(20)23(28)26-25-22)8-13(9-15(19)27)12-5-6-16(29-2)17(10-12)30-3/h4-7,10,13,20H,8-9H2,1-3H3,(H3,24,25,26,28)/t13-,20+/m1/s1. The first-order valence-corrected chi connectivity index (χ1v) is 10.9. The number of ketones is 1. The third-order valence-corrected chi connectivity index (χ3v) is 7.17. The molecule has 31 heavy (non-hydrogen) atoms. The summed E-state index contributed by atoms with van der Waals surface area (Å²) in [6, 6.07) is 9.84. The number of ether oxygens (including phenoxy) is 2. The number of aromatic nitrogens is 2. The minimum Gasteiger partial charge on any atom is -0.493 e. The second kappa shape index (κ2) is 7.46. The molecule has 0 unspecified atom stereocenters. The van der Waals surface area contributed by atoms with Gasteiger partial charge in [0.2, 0.25) is 0 Å². The molecule has 7 nitrogen and oxygen atoms in total. The van der Waals surface area contributed by atoms with E-state index in [1.54, 1.807) is 25.6 Å². The highest BCUT2D eigenvalue weighted by molar-refractivity contribution is 7.12. The summed E-state index contributed by atoms with van der Waals surface area (Å²) in [5, 5.41) is 8.94. The molecule has 3 N–H and O–H groups in total. The van der Waals surface area contributed by atoms with Crippen LogP contribution in [0, 0.1) is 6.92 Å². The third-order valence-electron chi connectivity index (χ3n) is 6.10. The molecule has 0 fully saturated rings. The number of aromatic amines is 2. The molecule has 160 valence electrons. The number of nitrogens with one attached hydrogen (secondary N) is 3. The zero-order valence-electron chi connectivity index (χ0n) is 17.5. The SMILES string of the molecule is COc1ccc([C@H]2CC(=O)C3=C(C2)Nc2[nH][nH]c(=O)c2[C@H]3c2ccc(C)s2)cc1OC. The van der Waals surface area contributed by atoms with E-state index in [0.717, 1.165) is 21.0 Å². The Morgan fingerprint density at radius 3 is 2.52 bits per heavy atom. The van der Waals surface area contributed by atoms with Crippen LogP contribution in [0.15, 0.2) is 46.4 Å². The van der Waals surface area contributed by atoms with Gasteiger partial charge in [0.25, 0.3) is 5.56 Å². The van der Waals surface area contributed by atoms with Crippen LogP contribution in [0.1, 0.15) is 45.6 Å². The summed E-state index contributed by atoms with van der Waals surface area (Å²) < 4.78 is 10.8. The maximum absolute atomic E-state index is 13.5. The summed E-state index contributed by atoms with van der Waals surface area (Å²) in [5.74, 6) is 1.67. The summed E-state index contributed by atoms with van der Waals surface area (Å²) in [4.78, 5) is 28.2. The maximum atomic E-state index is 13.5. The lowest BCUT2D eigenvalue weighted by Gasteiger charge is -2.34. The van der Waals surface area contributed by atoms with E-state index in [9.17, 15) is 9.59 Å².